The van der Waals surface area contributed by atoms with Crippen LogP contribution in [0.15, 0.2) is 41.4 Å². The van der Waals surface area contributed by atoms with Gasteiger partial charge in [0.25, 0.3) is 5.91 Å². The summed E-state index contributed by atoms with van der Waals surface area (Å²) in [4.78, 5) is 13.4. The lowest BCUT2D eigenvalue weighted by Gasteiger charge is -2.26. The highest BCUT2D eigenvalue weighted by atomic mass is 32.2. The van der Waals surface area contributed by atoms with E-state index in [9.17, 15) is 13.2 Å². The fraction of sp³-hybridized carbons (Fsp3) is 0.391. The highest BCUT2D eigenvalue weighted by Crippen LogP contribution is 2.31. The zero-order chi connectivity index (χ0) is 23.8. The standard InChI is InChI=1S/C23H29N5O4S/c1-16-8-9-17(2)28(16)23-19(15-24-26(23)3)22(29)25-20-14-18(10-11-21(20)32-4)33(30,31)27-12-6-5-7-13-27/h8-11,14-15H,5-7,12-13H2,1-4H3,(H,25,29). The summed E-state index contributed by atoms with van der Waals surface area (Å²) in [6.07, 6.45) is 4.23. The van der Waals surface area contributed by atoms with E-state index in [1.54, 1.807) is 17.8 Å². The molecule has 0 radical (unpaired) electrons. The molecule has 4 rings (SSSR count). The van der Waals surface area contributed by atoms with Crippen LogP contribution in [-0.4, -0.2) is 53.2 Å². The van der Waals surface area contributed by atoms with E-state index in [1.165, 1.54) is 29.7 Å². The fourth-order valence-electron chi connectivity index (χ4n) is 4.25. The third-order valence-corrected chi connectivity index (χ3v) is 7.90. The number of benzene rings is 1. The number of hydrogen-bond donors (Lipinski definition) is 1. The van der Waals surface area contributed by atoms with E-state index < -0.39 is 15.9 Å². The predicted octanol–water partition coefficient (Wildman–Crippen LogP) is 3.26. The minimum Gasteiger partial charge on any atom is -0.495 e. The normalized spacial score (nSPS) is 14.9. The molecule has 3 aromatic rings. The van der Waals surface area contributed by atoms with Gasteiger partial charge < -0.3 is 14.6 Å². The van der Waals surface area contributed by atoms with Crippen LogP contribution in [-0.2, 0) is 17.1 Å². The number of carbonyl (C=O) groups is 1. The second kappa shape index (κ2) is 9.03. The number of aromatic nitrogens is 3. The van der Waals surface area contributed by atoms with E-state index >= 15 is 0 Å². The molecule has 1 saturated heterocycles. The molecule has 9 nitrogen and oxygen atoms in total. The summed E-state index contributed by atoms with van der Waals surface area (Å²) in [5, 5.41) is 7.11. The van der Waals surface area contributed by atoms with Crippen molar-refractivity contribution in [3.05, 3.63) is 53.5 Å². The number of rotatable bonds is 6. The van der Waals surface area contributed by atoms with Crippen LogP contribution >= 0.6 is 0 Å². The number of nitrogens with one attached hydrogen (secondary N) is 1. The molecule has 1 aliphatic rings. The van der Waals surface area contributed by atoms with Crippen molar-refractivity contribution in [2.45, 2.75) is 38.0 Å². The molecule has 0 unspecified atom stereocenters. The van der Waals surface area contributed by atoms with Crippen molar-refractivity contribution < 1.29 is 17.9 Å². The number of sulfonamides is 1. The van der Waals surface area contributed by atoms with Gasteiger partial charge in [-0.25, -0.2) is 8.42 Å². The molecular formula is C23H29N5O4S. The summed E-state index contributed by atoms with van der Waals surface area (Å²) in [6.45, 7) is 4.93. The molecule has 0 atom stereocenters. The average molecular weight is 472 g/mol. The summed E-state index contributed by atoms with van der Waals surface area (Å²) in [7, 11) is -0.402. The molecule has 3 heterocycles. The second-order valence-electron chi connectivity index (χ2n) is 8.24. The van der Waals surface area contributed by atoms with Crippen LogP contribution in [0.3, 0.4) is 0 Å². The van der Waals surface area contributed by atoms with Crippen LogP contribution < -0.4 is 10.1 Å². The van der Waals surface area contributed by atoms with Crippen molar-refractivity contribution in [3.63, 3.8) is 0 Å². The van der Waals surface area contributed by atoms with E-state index in [-0.39, 0.29) is 10.6 Å². The van der Waals surface area contributed by atoms with Gasteiger partial charge in [0.1, 0.15) is 17.1 Å². The molecular weight excluding hydrogens is 442 g/mol. The van der Waals surface area contributed by atoms with Gasteiger partial charge in [-0.05, 0) is 57.0 Å². The van der Waals surface area contributed by atoms with Crippen LogP contribution in [0.4, 0.5) is 5.69 Å². The van der Waals surface area contributed by atoms with Crippen LogP contribution in [0, 0.1) is 13.8 Å². The Morgan fingerprint density at radius 1 is 1.06 bits per heavy atom. The van der Waals surface area contributed by atoms with Crippen molar-refractivity contribution in [2.24, 2.45) is 7.05 Å². The molecule has 0 saturated carbocycles. The first-order valence-electron chi connectivity index (χ1n) is 10.9. The lowest BCUT2D eigenvalue weighted by Crippen LogP contribution is -2.35. The number of anilines is 1. The van der Waals surface area contributed by atoms with Gasteiger partial charge in [-0.1, -0.05) is 6.42 Å². The molecule has 10 heteroatoms. The Balaban J connectivity index is 1.69. The highest BCUT2D eigenvalue weighted by molar-refractivity contribution is 7.89. The lowest BCUT2D eigenvalue weighted by molar-refractivity contribution is 0.102. The smallest absolute Gasteiger partial charge is 0.261 e. The van der Waals surface area contributed by atoms with Gasteiger partial charge in [0, 0.05) is 31.5 Å². The van der Waals surface area contributed by atoms with Gasteiger partial charge in [-0.2, -0.15) is 9.40 Å². The topological polar surface area (TPSA) is 98.5 Å². The Morgan fingerprint density at radius 3 is 2.36 bits per heavy atom. The minimum atomic E-state index is -3.65. The Kier molecular flexibility index (Phi) is 6.31. The van der Waals surface area contributed by atoms with Gasteiger partial charge in [0.05, 0.1) is 23.9 Å². The number of amides is 1. The maximum Gasteiger partial charge on any atom is 0.261 e. The molecule has 0 aliphatic carbocycles. The molecule has 1 amide bonds. The lowest BCUT2D eigenvalue weighted by atomic mass is 10.2. The van der Waals surface area contributed by atoms with E-state index in [4.69, 9.17) is 4.74 Å². The molecule has 1 fully saturated rings. The predicted molar refractivity (Wildman–Crippen MR) is 126 cm³/mol. The maximum atomic E-state index is 13.3. The SMILES string of the molecule is COc1ccc(S(=O)(=O)N2CCCCC2)cc1NC(=O)c1cnn(C)c1-n1c(C)ccc1C. The Hall–Kier alpha value is -3.11. The third-order valence-electron chi connectivity index (χ3n) is 6.01. The Labute approximate surface area is 194 Å². The van der Waals surface area contributed by atoms with Crippen molar-refractivity contribution >= 4 is 21.6 Å². The summed E-state index contributed by atoms with van der Waals surface area (Å²) in [5.74, 6) is 0.597. The van der Waals surface area contributed by atoms with Crippen molar-refractivity contribution in [1.29, 1.82) is 0 Å². The first kappa shape index (κ1) is 23.1. The maximum absolute atomic E-state index is 13.3. The van der Waals surface area contributed by atoms with Crippen LogP contribution in [0.2, 0.25) is 0 Å². The molecule has 33 heavy (non-hydrogen) atoms. The number of hydrogen-bond acceptors (Lipinski definition) is 5. The fourth-order valence-corrected chi connectivity index (χ4v) is 5.79. The highest BCUT2D eigenvalue weighted by Gasteiger charge is 2.27. The van der Waals surface area contributed by atoms with E-state index in [0.717, 1.165) is 30.7 Å². The summed E-state index contributed by atoms with van der Waals surface area (Å²) < 4.78 is 36.8. The Morgan fingerprint density at radius 2 is 1.73 bits per heavy atom. The molecule has 0 spiro atoms. The van der Waals surface area contributed by atoms with Gasteiger partial charge in [-0.3, -0.25) is 9.48 Å². The molecule has 176 valence electrons. The zero-order valence-corrected chi connectivity index (χ0v) is 20.1. The molecule has 0 bridgehead atoms. The number of nitrogens with zero attached hydrogens (tertiary/aromatic N) is 4. The number of carbonyl (C=O) groups excluding carboxylic acids is 1. The minimum absolute atomic E-state index is 0.129. The summed E-state index contributed by atoms with van der Waals surface area (Å²) in [5.41, 5.74) is 2.59. The zero-order valence-electron chi connectivity index (χ0n) is 19.3. The van der Waals surface area contributed by atoms with E-state index in [1.807, 2.05) is 30.5 Å². The summed E-state index contributed by atoms with van der Waals surface area (Å²) in [6, 6.07) is 8.49. The Bertz CT molecular complexity index is 1270. The largest absolute Gasteiger partial charge is 0.495 e. The van der Waals surface area contributed by atoms with Crippen LogP contribution in [0.25, 0.3) is 5.82 Å². The monoisotopic (exact) mass is 471 g/mol. The molecule has 1 aliphatic heterocycles. The van der Waals surface area contributed by atoms with Crippen LogP contribution in [0.5, 0.6) is 5.75 Å². The summed E-state index contributed by atoms with van der Waals surface area (Å²) >= 11 is 0. The van der Waals surface area contributed by atoms with Crippen molar-refractivity contribution in [1.82, 2.24) is 18.7 Å². The second-order valence-corrected chi connectivity index (χ2v) is 10.2. The number of aryl methyl sites for hydroxylation is 3. The molecule has 1 N–H and O–H groups in total. The molecule has 1 aromatic carbocycles. The van der Waals surface area contributed by atoms with Crippen molar-refractivity contribution in [2.75, 3.05) is 25.5 Å². The number of piperidine rings is 1. The number of methoxy groups -OCH3 is 1. The van der Waals surface area contributed by atoms with Crippen molar-refractivity contribution in [3.8, 4) is 11.6 Å². The van der Waals surface area contributed by atoms with E-state index in [2.05, 4.69) is 10.4 Å². The van der Waals surface area contributed by atoms with Gasteiger partial charge >= 0.3 is 0 Å². The van der Waals surface area contributed by atoms with Gasteiger partial charge in [0.15, 0.2) is 0 Å². The first-order chi connectivity index (χ1) is 15.7. The first-order valence-corrected chi connectivity index (χ1v) is 12.3. The quantitative estimate of drug-likeness (QED) is 0.595. The van der Waals surface area contributed by atoms with Gasteiger partial charge in [-0.15, -0.1) is 0 Å². The van der Waals surface area contributed by atoms with Gasteiger partial charge in [0.2, 0.25) is 10.0 Å². The average Bonchev–Trinajstić information content (AvgIpc) is 3.34. The molecule has 2 aromatic heterocycles. The van der Waals surface area contributed by atoms with Crippen LogP contribution in [0.1, 0.15) is 41.0 Å². The number of ether oxygens (including phenoxy) is 1. The third kappa shape index (κ3) is 4.28. The van der Waals surface area contributed by atoms with E-state index in [0.29, 0.717) is 30.2 Å².